The summed E-state index contributed by atoms with van der Waals surface area (Å²) in [4.78, 5) is 10.7. The zero-order chi connectivity index (χ0) is 14.9. The summed E-state index contributed by atoms with van der Waals surface area (Å²) in [5, 5.41) is 10.2. The molecule has 1 aromatic heterocycles. The van der Waals surface area contributed by atoms with Gasteiger partial charge in [-0.05, 0) is 11.6 Å². The van der Waals surface area contributed by atoms with Gasteiger partial charge < -0.3 is 25.1 Å². The lowest BCUT2D eigenvalue weighted by Crippen LogP contribution is -2.36. The predicted molar refractivity (Wildman–Crippen MR) is 81.1 cm³/mol. The second kappa shape index (κ2) is 8.21. The van der Waals surface area contributed by atoms with E-state index < -0.39 is 0 Å². The summed E-state index contributed by atoms with van der Waals surface area (Å²) < 4.78 is 10.9. The molecular weight excluding hydrogens is 270 g/mol. The zero-order valence-corrected chi connectivity index (χ0v) is 12.2. The molecule has 21 heavy (non-hydrogen) atoms. The monoisotopic (exact) mass is 291 g/mol. The number of nitrogens with zero attached hydrogens (tertiary/aromatic N) is 3. The zero-order valence-electron chi connectivity index (χ0n) is 12.2. The molecule has 2 heterocycles. The summed E-state index contributed by atoms with van der Waals surface area (Å²) in [5.74, 6) is 0.862. The summed E-state index contributed by atoms with van der Waals surface area (Å²) in [7, 11) is 1.80. The minimum absolute atomic E-state index is 0.368. The lowest BCUT2D eigenvalue weighted by atomic mass is 10.2. The second-order valence-electron chi connectivity index (χ2n) is 4.55. The topological polar surface area (TPSA) is 83.4 Å². The van der Waals surface area contributed by atoms with Crippen LogP contribution in [0.15, 0.2) is 24.0 Å². The highest BCUT2D eigenvalue weighted by atomic mass is 16.5. The van der Waals surface area contributed by atoms with Gasteiger partial charge in [0.15, 0.2) is 0 Å². The van der Waals surface area contributed by atoms with E-state index in [-0.39, 0.29) is 0 Å². The van der Waals surface area contributed by atoms with Crippen LogP contribution in [0, 0.1) is 5.41 Å². The first-order valence-electron chi connectivity index (χ1n) is 6.99. The van der Waals surface area contributed by atoms with Crippen LogP contribution in [0.25, 0.3) is 0 Å². The molecule has 7 nitrogen and oxygen atoms in total. The van der Waals surface area contributed by atoms with Crippen LogP contribution in [0.5, 0.6) is 6.01 Å². The van der Waals surface area contributed by atoms with Gasteiger partial charge in [-0.3, -0.25) is 0 Å². The maximum absolute atomic E-state index is 7.28. The number of hydrogen-bond donors (Lipinski definition) is 2. The van der Waals surface area contributed by atoms with E-state index >= 15 is 0 Å². The fourth-order valence-electron chi connectivity index (χ4n) is 2.00. The minimum atomic E-state index is 0.368. The van der Waals surface area contributed by atoms with Crippen LogP contribution >= 0.6 is 0 Å². The number of morpholine rings is 1. The summed E-state index contributed by atoms with van der Waals surface area (Å²) >= 11 is 0. The van der Waals surface area contributed by atoms with Gasteiger partial charge in [0, 0.05) is 45.2 Å². The third-order valence-electron chi connectivity index (χ3n) is 3.09. The van der Waals surface area contributed by atoms with E-state index in [0.717, 1.165) is 37.7 Å². The molecule has 1 aliphatic rings. The van der Waals surface area contributed by atoms with Crippen molar-refractivity contribution < 1.29 is 9.47 Å². The van der Waals surface area contributed by atoms with E-state index in [1.165, 1.54) is 6.21 Å². The van der Waals surface area contributed by atoms with Crippen molar-refractivity contribution in [3.63, 3.8) is 0 Å². The number of aromatic nitrogens is 2. The summed E-state index contributed by atoms with van der Waals surface area (Å²) in [6, 6.07) is 2.25. The van der Waals surface area contributed by atoms with Gasteiger partial charge in [-0.1, -0.05) is 0 Å². The number of anilines is 1. The summed E-state index contributed by atoms with van der Waals surface area (Å²) in [6.45, 7) is 3.55. The Kier molecular flexibility index (Phi) is 5.96. The van der Waals surface area contributed by atoms with Gasteiger partial charge in [-0.15, -0.1) is 0 Å². The van der Waals surface area contributed by atoms with Crippen molar-refractivity contribution in [3.05, 3.63) is 24.0 Å². The van der Waals surface area contributed by atoms with E-state index in [2.05, 4.69) is 20.2 Å². The Hall–Kier alpha value is -2.15. The molecule has 1 fully saturated rings. The Morgan fingerprint density at radius 1 is 1.52 bits per heavy atom. The van der Waals surface area contributed by atoms with Gasteiger partial charge in [0.2, 0.25) is 0 Å². The maximum Gasteiger partial charge on any atom is 0.318 e. The normalized spacial score (nSPS) is 15.7. The molecule has 2 rings (SSSR count). The fraction of sp³-hybridized carbons (Fsp3) is 0.500. The molecule has 0 aromatic carbocycles. The molecule has 0 amide bonds. The first-order chi connectivity index (χ1) is 10.3. The SMILES string of the molecule is CN/C=C(\C=N)CCOc1nccc(N2CCOCC2)n1. The number of ether oxygens (including phenoxy) is 2. The van der Waals surface area contributed by atoms with Crippen molar-refractivity contribution in [1.82, 2.24) is 15.3 Å². The van der Waals surface area contributed by atoms with Crippen molar-refractivity contribution in [2.75, 3.05) is 44.9 Å². The molecule has 0 spiro atoms. The van der Waals surface area contributed by atoms with Gasteiger partial charge in [0.1, 0.15) is 5.82 Å². The van der Waals surface area contributed by atoms with Crippen LogP contribution in [-0.2, 0) is 4.74 Å². The Morgan fingerprint density at radius 3 is 3.05 bits per heavy atom. The first kappa shape index (κ1) is 15.2. The van der Waals surface area contributed by atoms with Crippen molar-refractivity contribution in [1.29, 1.82) is 5.41 Å². The van der Waals surface area contributed by atoms with Gasteiger partial charge in [-0.25, -0.2) is 4.98 Å². The van der Waals surface area contributed by atoms with Crippen LogP contribution < -0.4 is 15.0 Å². The third kappa shape index (κ3) is 4.71. The van der Waals surface area contributed by atoms with E-state index in [0.29, 0.717) is 19.0 Å². The molecule has 7 heteroatoms. The van der Waals surface area contributed by atoms with E-state index in [1.54, 1.807) is 19.4 Å². The predicted octanol–water partition coefficient (Wildman–Crippen LogP) is 0.835. The third-order valence-corrected chi connectivity index (χ3v) is 3.09. The maximum atomic E-state index is 7.28. The lowest BCUT2D eigenvalue weighted by molar-refractivity contribution is 0.122. The number of hydrogen-bond acceptors (Lipinski definition) is 7. The van der Waals surface area contributed by atoms with E-state index in [1.807, 2.05) is 6.07 Å². The molecule has 0 aliphatic carbocycles. The molecule has 1 aliphatic heterocycles. The second-order valence-corrected chi connectivity index (χ2v) is 4.55. The average molecular weight is 291 g/mol. The fourth-order valence-corrected chi connectivity index (χ4v) is 2.00. The van der Waals surface area contributed by atoms with Crippen LogP contribution in [0.4, 0.5) is 5.82 Å². The highest BCUT2D eigenvalue weighted by molar-refractivity contribution is 5.75. The lowest BCUT2D eigenvalue weighted by Gasteiger charge is -2.27. The molecular formula is C14H21N5O2. The Morgan fingerprint density at radius 2 is 2.33 bits per heavy atom. The van der Waals surface area contributed by atoms with Gasteiger partial charge in [-0.2, -0.15) is 4.98 Å². The van der Waals surface area contributed by atoms with Crippen molar-refractivity contribution in [2.24, 2.45) is 0 Å². The Balaban J connectivity index is 1.88. The van der Waals surface area contributed by atoms with Crippen molar-refractivity contribution in [2.45, 2.75) is 6.42 Å². The molecule has 1 aromatic rings. The van der Waals surface area contributed by atoms with Crippen LogP contribution in [0.3, 0.4) is 0 Å². The average Bonchev–Trinajstić information content (AvgIpc) is 2.55. The molecule has 2 N–H and O–H groups in total. The molecule has 0 atom stereocenters. The summed E-state index contributed by atoms with van der Waals surface area (Å²) in [5.41, 5.74) is 0.863. The standard InChI is InChI=1S/C14H21N5O2/c1-16-11-12(10-15)3-7-21-14-17-4-2-13(18-14)19-5-8-20-9-6-19/h2,4,10-11,15-16H,3,5-9H2,1H3/b12-11-,15-10?. The van der Waals surface area contributed by atoms with Gasteiger partial charge in [0.05, 0.1) is 19.8 Å². The number of rotatable bonds is 7. The minimum Gasteiger partial charge on any atom is -0.463 e. The van der Waals surface area contributed by atoms with Gasteiger partial charge >= 0.3 is 6.01 Å². The van der Waals surface area contributed by atoms with Crippen LogP contribution in [0.2, 0.25) is 0 Å². The molecule has 0 saturated carbocycles. The van der Waals surface area contributed by atoms with Crippen LogP contribution in [0.1, 0.15) is 6.42 Å². The molecule has 1 saturated heterocycles. The molecule has 0 unspecified atom stereocenters. The van der Waals surface area contributed by atoms with E-state index in [9.17, 15) is 0 Å². The Bertz CT molecular complexity index is 486. The highest BCUT2D eigenvalue weighted by Crippen LogP contribution is 2.15. The first-order valence-corrected chi connectivity index (χ1v) is 6.99. The Labute approximate surface area is 124 Å². The van der Waals surface area contributed by atoms with Crippen LogP contribution in [-0.4, -0.2) is 56.1 Å². The largest absolute Gasteiger partial charge is 0.463 e. The van der Waals surface area contributed by atoms with E-state index in [4.69, 9.17) is 14.9 Å². The number of nitrogens with one attached hydrogen (secondary N) is 2. The quantitative estimate of drug-likeness (QED) is 0.724. The molecule has 0 bridgehead atoms. The van der Waals surface area contributed by atoms with Gasteiger partial charge in [0.25, 0.3) is 0 Å². The summed E-state index contributed by atoms with van der Waals surface area (Å²) in [6.07, 6.45) is 5.43. The smallest absolute Gasteiger partial charge is 0.318 e. The van der Waals surface area contributed by atoms with Crippen molar-refractivity contribution in [3.8, 4) is 6.01 Å². The molecule has 114 valence electrons. The highest BCUT2D eigenvalue weighted by Gasteiger charge is 2.13. The van der Waals surface area contributed by atoms with Crippen molar-refractivity contribution >= 4 is 12.0 Å². The molecule has 0 radical (unpaired) electrons.